The minimum Gasteiger partial charge on any atom is -0.370 e. The van der Waals surface area contributed by atoms with E-state index in [4.69, 9.17) is 9.26 Å². The van der Waals surface area contributed by atoms with E-state index in [2.05, 4.69) is 13.5 Å². The van der Waals surface area contributed by atoms with Gasteiger partial charge < -0.3 is 14.2 Å². The molecule has 1 spiro atoms. The van der Waals surface area contributed by atoms with Gasteiger partial charge in [-0.15, -0.1) is 0 Å². The van der Waals surface area contributed by atoms with E-state index in [1.165, 1.54) is 35.0 Å². The zero-order valence-corrected chi connectivity index (χ0v) is 21.6. The standard InChI is InChI=1S/C29H35O5P/c1-18-13-15-34-29(18)14-12-26-24-10-6-20-16-21(30)7-11-23(20)27(24)25(17-28(26,29)2)19-4-8-22(9-5-19)35(31,32)33-3/h4-5,8-9,16,24-26H,1,6-7,10-15,17H2,2-3H3,(H,31,32)/t24-,25+,26-,28-,29+/m0/s1. The zero-order valence-electron chi connectivity index (χ0n) is 20.7. The predicted molar refractivity (Wildman–Crippen MR) is 136 cm³/mol. The highest BCUT2D eigenvalue weighted by Gasteiger charge is 2.65. The Morgan fingerprint density at radius 1 is 1.14 bits per heavy atom. The van der Waals surface area contributed by atoms with Crippen molar-refractivity contribution in [2.45, 2.75) is 69.8 Å². The molecule has 6 rings (SSSR count). The smallest absolute Gasteiger partial charge is 0.358 e. The molecule has 1 aliphatic heterocycles. The quantitative estimate of drug-likeness (QED) is 0.427. The van der Waals surface area contributed by atoms with Crippen molar-refractivity contribution in [1.29, 1.82) is 0 Å². The van der Waals surface area contributed by atoms with Gasteiger partial charge in [0.1, 0.15) is 0 Å². The molecule has 1 N–H and O–H groups in total. The third-order valence-electron chi connectivity index (χ3n) is 10.0. The van der Waals surface area contributed by atoms with Gasteiger partial charge in [-0.3, -0.25) is 9.36 Å². The number of ketones is 1. The minimum atomic E-state index is -3.80. The van der Waals surface area contributed by atoms with Gasteiger partial charge in [0.2, 0.25) is 0 Å². The lowest BCUT2D eigenvalue weighted by Gasteiger charge is -2.55. The lowest BCUT2D eigenvalue weighted by molar-refractivity contribution is -0.114. The molecule has 2 saturated carbocycles. The number of carbonyl (C=O) groups excluding carboxylic acids is 1. The van der Waals surface area contributed by atoms with Crippen LogP contribution in [0.15, 0.2) is 59.2 Å². The molecule has 1 unspecified atom stereocenters. The van der Waals surface area contributed by atoms with Crippen molar-refractivity contribution < 1.29 is 23.5 Å². The molecule has 0 radical (unpaired) electrons. The van der Waals surface area contributed by atoms with E-state index < -0.39 is 7.60 Å². The van der Waals surface area contributed by atoms with Crippen LogP contribution in [0.2, 0.25) is 0 Å². The van der Waals surface area contributed by atoms with Gasteiger partial charge in [0.05, 0.1) is 17.5 Å². The van der Waals surface area contributed by atoms with Gasteiger partial charge in [-0.1, -0.05) is 31.2 Å². The van der Waals surface area contributed by atoms with Crippen molar-refractivity contribution in [2.75, 3.05) is 13.7 Å². The van der Waals surface area contributed by atoms with Crippen LogP contribution in [-0.2, 0) is 18.6 Å². The highest BCUT2D eigenvalue weighted by atomic mass is 31.2. The monoisotopic (exact) mass is 494 g/mol. The summed E-state index contributed by atoms with van der Waals surface area (Å²) < 4.78 is 23.8. The molecule has 0 bridgehead atoms. The number of fused-ring (bicyclic) bond motifs is 5. The van der Waals surface area contributed by atoms with E-state index in [0.717, 1.165) is 51.6 Å². The predicted octanol–water partition coefficient (Wildman–Crippen LogP) is 5.76. The molecule has 1 aromatic carbocycles. The van der Waals surface area contributed by atoms with Gasteiger partial charge in [-0.25, -0.2) is 0 Å². The average molecular weight is 495 g/mol. The van der Waals surface area contributed by atoms with Crippen molar-refractivity contribution in [3.8, 4) is 0 Å². The molecule has 35 heavy (non-hydrogen) atoms. The molecule has 1 aromatic rings. The highest BCUT2D eigenvalue weighted by molar-refractivity contribution is 7.61. The fourth-order valence-electron chi connectivity index (χ4n) is 8.42. The maximum Gasteiger partial charge on any atom is 0.358 e. The second kappa shape index (κ2) is 8.11. The first-order valence-electron chi connectivity index (χ1n) is 13.0. The Morgan fingerprint density at radius 3 is 2.60 bits per heavy atom. The van der Waals surface area contributed by atoms with Gasteiger partial charge in [0.25, 0.3) is 0 Å². The van der Waals surface area contributed by atoms with Crippen molar-refractivity contribution in [3.63, 3.8) is 0 Å². The van der Waals surface area contributed by atoms with Crippen LogP contribution in [0.4, 0.5) is 0 Å². The van der Waals surface area contributed by atoms with Crippen LogP contribution in [0, 0.1) is 17.3 Å². The summed E-state index contributed by atoms with van der Waals surface area (Å²) in [7, 11) is -2.53. The Bertz CT molecular complexity index is 1210. The summed E-state index contributed by atoms with van der Waals surface area (Å²) in [5.74, 6) is 1.45. The molecular weight excluding hydrogens is 459 g/mol. The zero-order chi connectivity index (χ0) is 24.6. The molecule has 4 aliphatic carbocycles. The molecule has 1 saturated heterocycles. The lowest BCUT2D eigenvalue weighted by atomic mass is 9.50. The van der Waals surface area contributed by atoms with Crippen LogP contribution < -0.4 is 5.30 Å². The molecule has 0 aromatic heterocycles. The van der Waals surface area contributed by atoms with Crippen LogP contribution >= 0.6 is 7.60 Å². The van der Waals surface area contributed by atoms with E-state index >= 15 is 0 Å². The molecule has 5 nitrogen and oxygen atoms in total. The Hall–Kier alpha value is -1.78. The first kappa shape index (κ1) is 23.6. The summed E-state index contributed by atoms with van der Waals surface area (Å²) in [6.45, 7) is 7.69. The summed E-state index contributed by atoms with van der Waals surface area (Å²) in [6, 6.07) is 7.50. The van der Waals surface area contributed by atoms with Gasteiger partial charge in [-0.2, -0.15) is 0 Å². The number of hydrogen-bond acceptors (Lipinski definition) is 4. The Morgan fingerprint density at radius 2 is 1.91 bits per heavy atom. The Balaban J connectivity index is 1.50. The first-order valence-corrected chi connectivity index (χ1v) is 14.6. The van der Waals surface area contributed by atoms with Crippen LogP contribution in [0.1, 0.15) is 69.8 Å². The SMILES string of the molecule is C=C1CCO[C@]12CC[C@H]1[C@@H]3CCC4=CC(=O)CCC4=C3[C@@H](c3ccc(P(=O)(O)OC)cc3)C[C@@]12C. The average Bonchev–Trinajstić information content (AvgIpc) is 3.38. The fourth-order valence-corrected chi connectivity index (χ4v) is 9.15. The van der Waals surface area contributed by atoms with Crippen molar-refractivity contribution in [2.24, 2.45) is 17.3 Å². The number of benzene rings is 1. The van der Waals surface area contributed by atoms with Crippen molar-refractivity contribution in [1.82, 2.24) is 0 Å². The van der Waals surface area contributed by atoms with E-state index in [1.54, 1.807) is 12.1 Å². The molecule has 6 heteroatoms. The Labute approximate surface area is 207 Å². The van der Waals surface area contributed by atoms with E-state index in [1.807, 2.05) is 18.2 Å². The second-order valence-corrected chi connectivity index (χ2v) is 13.3. The van der Waals surface area contributed by atoms with Gasteiger partial charge in [0, 0.05) is 24.9 Å². The molecule has 5 aliphatic rings. The van der Waals surface area contributed by atoms with Crippen LogP contribution in [0.25, 0.3) is 0 Å². The normalized spacial score (nSPS) is 38.1. The molecule has 6 atom stereocenters. The third kappa shape index (κ3) is 3.31. The summed E-state index contributed by atoms with van der Waals surface area (Å²) in [4.78, 5) is 22.4. The number of rotatable bonds is 3. The van der Waals surface area contributed by atoms with E-state index in [-0.39, 0.29) is 22.7 Å². The van der Waals surface area contributed by atoms with E-state index in [0.29, 0.717) is 23.6 Å². The lowest BCUT2D eigenvalue weighted by Crippen LogP contribution is -2.52. The number of hydrogen-bond donors (Lipinski definition) is 1. The summed E-state index contributed by atoms with van der Waals surface area (Å²) >= 11 is 0. The van der Waals surface area contributed by atoms with E-state index in [9.17, 15) is 14.3 Å². The maximum absolute atomic E-state index is 12.4. The first-order chi connectivity index (χ1) is 16.7. The largest absolute Gasteiger partial charge is 0.370 e. The number of ether oxygens (including phenoxy) is 1. The topological polar surface area (TPSA) is 72.8 Å². The summed E-state index contributed by atoms with van der Waals surface area (Å²) in [5.41, 5.74) is 6.34. The van der Waals surface area contributed by atoms with Crippen molar-refractivity contribution >= 4 is 18.7 Å². The Kier molecular flexibility index (Phi) is 5.47. The molecule has 186 valence electrons. The van der Waals surface area contributed by atoms with Gasteiger partial charge in [0.15, 0.2) is 5.78 Å². The number of allylic oxidation sites excluding steroid dienone is 4. The second-order valence-electron chi connectivity index (χ2n) is 11.4. The van der Waals surface area contributed by atoms with Crippen molar-refractivity contribution in [3.05, 3.63) is 64.8 Å². The summed E-state index contributed by atoms with van der Waals surface area (Å²) in [5, 5.41) is 0.315. The highest BCUT2D eigenvalue weighted by Crippen LogP contribution is 2.70. The molecular formula is C29H35O5P. The maximum atomic E-state index is 12.4. The third-order valence-corrected chi connectivity index (χ3v) is 11.5. The van der Waals surface area contributed by atoms with Gasteiger partial charge >= 0.3 is 7.60 Å². The number of carbonyl (C=O) groups is 1. The fraction of sp³-hybridized carbons (Fsp3) is 0.552. The van der Waals surface area contributed by atoms with Crippen LogP contribution in [0.5, 0.6) is 0 Å². The minimum absolute atomic E-state index is 0.0108. The van der Waals surface area contributed by atoms with Crippen LogP contribution in [-0.4, -0.2) is 30.0 Å². The molecule has 3 fully saturated rings. The molecule has 1 heterocycles. The molecule has 0 amide bonds. The van der Waals surface area contributed by atoms with Gasteiger partial charge in [-0.05, 0) is 97.3 Å². The van der Waals surface area contributed by atoms with Crippen LogP contribution in [0.3, 0.4) is 0 Å². The summed E-state index contributed by atoms with van der Waals surface area (Å²) in [6.07, 6.45) is 9.48.